The van der Waals surface area contributed by atoms with Crippen LogP contribution in [0.2, 0.25) is 0 Å². The number of amides is 4. The molecule has 0 aromatic heterocycles. The molecule has 0 rings (SSSR count). The van der Waals surface area contributed by atoms with E-state index in [-0.39, 0.29) is 30.6 Å². The third kappa shape index (κ3) is 9.63. The summed E-state index contributed by atoms with van der Waals surface area (Å²) in [6, 6.07) is -4.10. The molecule has 0 spiro atoms. The van der Waals surface area contributed by atoms with E-state index in [1.165, 1.54) is 0 Å². The fourth-order valence-corrected chi connectivity index (χ4v) is 2.93. The van der Waals surface area contributed by atoms with Crippen molar-refractivity contribution >= 4 is 29.6 Å². The predicted octanol–water partition coefficient (Wildman–Crippen LogP) is -0.524. The van der Waals surface area contributed by atoms with Crippen LogP contribution in [0.4, 0.5) is 0 Å². The van der Waals surface area contributed by atoms with Gasteiger partial charge in [-0.3, -0.25) is 19.2 Å². The van der Waals surface area contributed by atoms with E-state index in [4.69, 9.17) is 11.5 Å². The van der Waals surface area contributed by atoms with Crippen LogP contribution >= 0.6 is 0 Å². The Hall–Kier alpha value is -2.69. The number of carboxylic acid groups (broad SMARTS) is 1. The summed E-state index contributed by atoms with van der Waals surface area (Å²) in [6.07, 6.45) is 0.533. The molecule has 0 aliphatic carbocycles. The number of nitrogens with one attached hydrogen (secondary N) is 3. The summed E-state index contributed by atoms with van der Waals surface area (Å²) in [5, 5.41) is 17.0. The summed E-state index contributed by atoms with van der Waals surface area (Å²) < 4.78 is 0. The van der Waals surface area contributed by atoms with Crippen molar-refractivity contribution < 1.29 is 29.1 Å². The number of rotatable bonds is 14. The average Bonchev–Trinajstić information content (AvgIpc) is 2.70. The molecule has 0 saturated carbocycles. The Bertz CT molecular complexity index is 682. The van der Waals surface area contributed by atoms with Gasteiger partial charge in [-0.15, -0.1) is 0 Å². The molecule has 11 heteroatoms. The molecular weight excluding hydrogens is 418 g/mol. The second-order valence-electron chi connectivity index (χ2n) is 8.78. The van der Waals surface area contributed by atoms with Crippen LogP contribution in [0.1, 0.15) is 60.8 Å². The molecule has 0 fully saturated rings. The SMILES string of the molecule is CCC(C)C(NC(=O)C(N)CCC(N)=O)C(=O)NC(C(=O)NC(C(=O)O)C(C)C)C(C)C. The number of hydrogen-bond donors (Lipinski definition) is 6. The molecule has 0 radical (unpaired) electrons. The van der Waals surface area contributed by atoms with Crippen molar-refractivity contribution in [3.05, 3.63) is 0 Å². The average molecular weight is 458 g/mol. The normalized spacial score (nSPS) is 15.9. The van der Waals surface area contributed by atoms with Crippen LogP contribution in [0.3, 0.4) is 0 Å². The lowest BCUT2D eigenvalue weighted by Crippen LogP contribution is -2.60. The molecule has 32 heavy (non-hydrogen) atoms. The molecule has 0 aliphatic rings. The molecule has 5 unspecified atom stereocenters. The minimum absolute atomic E-state index is 0.0405. The van der Waals surface area contributed by atoms with Gasteiger partial charge in [0.05, 0.1) is 6.04 Å². The molecule has 5 atom stereocenters. The molecule has 0 saturated heterocycles. The van der Waals surface area contributed by atoms with Crippen molar-refractivity contribution in [2.45, 2.75) is 85.0 Å². The van der Waals surface area contributed by atoms with Crippen LogP contribution in [0.25, 0.3) is 0 Å². The zero-order valence-corrected chi connectivity index (χ0v) is 19.8. The summed E-state index contributed by atoms with van der Waals surface area (Å²) in [6.45, 7) is 10.4. The monoisotopic (exact) mass is 457 g/mol. The maximum atomic E-state index is 13.0. The number of primary amides is 1. The smallest absolute Gasteiger partial charge is 0.326 e. The van der Waals surface area contributed by atoms with Gasteiger partial charge in [0.2, 0.25) is 23.6 Å². The number of hydrogen-bond acceptors (Lipinski definition) is 6. The fourth-order valence-electron chi connectivity index (χ4n) is 2.93. The quantitative estimate of drug-likeness (QED) is 0.202. The van der Waals surface area contributed by atoms with Crippen molar-refractivity contribution in [2.24, 2.45) is 29.2 Å². The van der Waals surface area contributed by atoms with E-state index in [0.29, 0.717) is 6.42 Å². The van der Waals surface area contributed by atoms with Crippen molar-refractivity contribution in [3.63, 3.8) is 0 Å². The van der Waals surface area contributed by atoms with Gasteiger partial charge in [-0.05, 0) is 24.2 Å². The van der Waals surface area contributed by atoms with Crippen molar-refractivity contribution in [1.82, 2.24) is 16.0 Å². The summed E-state index contributed by atoms with van der Waals surface area (Å²) in [5.41, 5.74) is 10.9. The van der Waals surface area contributed by atoms with Gasteiger partial charge >= 0.3 is 5.97 Å². The van der Waals surface area contributed by atoms with E-state index >= 15 is 0 Å². The Morgan fingerprint density at radius 2 is 1.22 bits per heavy atom. The molecule has 0 aliphatic heterocycles. The van der Waals surface area contributed by atoms with Gasteiger partial charge in [-0.1, -0.05) is 48.0 Å². The molecule has 4 amide bonds. The molecule has 0 aromatic carbocycles. The Morgan fingerprint density at radius 1 is 0.781 bits per heavy atom. The zero-order valence-electron chi connectivity index (χ0n) is 19.8. The standard InChI is InChI=1S/C21H39N5O6/c1-7-12(6)17(26-18(28)13(22)8-9-14(23)27)20(30)24-15(10(2)3)19(29)25-16(11(4)5)21(31)32/h10-13,15-17H,7-9,22H2,1-6H3,(H2,23,27)(H,24,30)(H,25,29)(H,26,28)(H,31,32). The first kappa shape index (κ1) is 29.3. The molecule has 184 valence electrons. The molecule has 0 heterocycles. The highest BCUT2D eigenvalue weighted by molar-refractivity contribution is 5.94. The highest BCUT2D eigenvalue weighted by atomic mass is 16.4. The van der Waals surface area contributed by atoms with Crippen LogP contribution in [0, 0.1) is 17.8 Å². The van der Waals surface area contributed by atoms with Crippen LogP contribution in [-0.4, -0.2) is 58.9 Å². The molecule has 8 N–H and O–H groups in total. The molecule has 0 bridgehead atoms. The van der Waals surface area contributed by atoms with Gasteiger partial charge < -0.3 is 32.5 Å². The first-order valence-electron chi connectivity index (χ1n) is 10.9. The molecule has 0 aromatic rings. The van der Waals surface area contributed by atoms with E-state index in [2.05, 4.69) is 16.0 Å². The Kier molecular flexibility index (Phi) is 12.5. The van der Waals surface area contributed by atoms with E-state index in [9.17, 15) is 29.1 Å². The highest BCUT2D eigenvalue weighted by Gasteiger charge is 2.34. The van der Waals surface area contributed by atoms with Crippen molar-refractivity contribution in [1.29, 1.82) is 0 Å². The highest BCUT2D eigenvalue weighted by Crippen LogP contribution is 2.12. The molecular formula is C21H39N5O6. The van der Waals surface area contributed by atoms with Gasteiger partial charge in [-0.25, -0.2) is 4.79 Å². The van der Waals surface area contributed by atoms with Gasteiger partial charge in [0.15, 0.2) is 0 Å². The van der Waals surface area contributed by atoms with E-state index in [0.717, 1.165) is 0 Å². The zero-order chi connectivity index (χ0) is 25.2. The van der Waals surface area contributed by atoms with E-state index in [1.807, 2.05) is 6.92 Å². The lowest BCUT2D eigenvalue weighted by Gasteiger charge is -2.29. The lowest BCUT2D eigenvalue weighted by atomic mass is 9.95. The number of carbonyl (C=O) groups excluding carboxylic acids is 4. The Morgan fingerprint density at radius 3 is 1.62 bits per heavy atom. The summed E-state index contributed by atoms with van der Waals surface area (Å²) in [7, 11) is 0. The summed E-state index contributed by atoms with van der Waals surface area (Å²) in [4.78, 5) is 60.5. The van der Waals surface area contributed by atoms with Gasteiger partial charge in [0, 0.05) is 6.42 Å². The third-order valence-corrected chi connectivity index (χ3v) is 5.31. The number of carbonyl (C=O) groups is 5. The second-order valence-corrected chi connectivity index (χ2v) is 8.78. The minimum Gasteiger partial charge on any atom is -0.480 e. The summed E-state index contributed by atoms with van der Waals surface area (Å²) in [5.74, 6) is -4.54. The first-order chi connectivity index (χ1) is 14.7. The topological polar surface area (TPSA) is 194 Å². The molecule has 11 nitrogen and oxygen atoms in total. The first-order valence-corrected chi connectivity index (χ1v) is 10.9. The number of aliphatic carboxylic acids is 1. The van der Waals surface area contributed by atoms with Gasteiger partial charge in [-0.2, -0.15) is 0 Å². The van der Waals surface area contributed by atoms with Gasteiger partial charge in [0.25, 0.3) is 0 Å². The van der Waals surface area contributed by atoms with Crippen LogP contribution in [0.5, 0.6) is 0 Å². The minimum atomic E-state index is -1.17. The third-order valence-electron chi connectivity index (χ3n) is 5.31. The fraction of sp³-hybridized carbons (Fsp3) is 0.762. The van der Waals surface area contributed by atoms with Crippen molar-refractivity contribution in [3.8, 4) is 0 Å². The number of carboxylic acids is 1. The largest absolute Gasteiger partial charge is 0.480 e. The maximum absolute atomic E-state index is 13.0. The Labute approximate surface area is 189 Å². The predicted molar refractivity (Wildman–Crippen MR) is 119 cm³/mol. The lowest BCUT2D eigenvalue weighted by molar-refractivity contribution is -0.144. The number of nitrogens with two attached hydrogens (primary N) is 2. The van der Waals surface area contributed by atoms with Crippen LogP contribution < -0.4 is 27.4 Å². The second kappa shape index (κ2) is 13.7. The Balaban J connectivity index is 5.44. The maximum Gasteiger partial charge on any atom is 0.326 e. The van der Waals surface area contributed by atoms with Gasteiger partial charge in [0.1, 0.15) is 18.1 Å². The van der Waals surface area contributed by atoms with E-state index in [1.54, 1.807) is 34.6 Å². The van der Waals surface area contributed by atoms with Crippen molar-refractivity contribution in [2.75, 3.05) is 0 Å². The van der Waals surface area contributed by atoms with Crippen LogP contribution in [-0.2, 0) is 24.0 Å². The van der Waals surface area contributed by atoms with E-state index < -0.39 is 53.8 Å². The summed E-state index contributed by atoms with van der Waals surface area (Å²) >= 11 is 0. The van der Waals surface area contributed by atoms with Crippen LogP contribution in [0.15, 0.2) is 0 Å².